The number of nitrogens with one attached hydrogen (secondary N) is 1. The molecule has 0 saturated carbocycles. The van der Waals surface area contributed by atoms with Gasteiger partial charge in [0.05, 0.1) is 7.11 Å². The molecule has 18 heavy (non-hydrogen) atoms. The molecule has 94 valence electrons. The molecule has 0 fully saturated rings. The molecule has 2 aromatic rings. The van der Waals surface area contributed by atoms with Crippen molar-refractivity contribution in [3.8, 4) is 5.75 Å². The molecule has 0 radical (unpaired) electrons. The average molecular weight is 465 g/mol. The molecule has 2 aromatic carbocycles. The Labute approximate surface area is 134 Å². The minimum atomic E-state index is 0.870. The number of methoxy groups -OCH3 is 1. The highest BCUT2D eigenvalue weighted by Gasteiger charge is 2.04. The number of benzene rings is 2. The van der Waals surface area contributed by atoms with Crippen LogP contribution in [-0.4, -0.2) is 7.11 Å². The molecule has 1 N–H and O–H groups in total. The fraction of sp³-hybridized carbons (Fsp3) is 0.143. The highest BCUT2D eigenvalue weighted by molar-refractivity contribution is 14.1. The van der Waals surface area contributed by atoms with Crippen molar-refractivity contribution in [2.45, 2.75) is 6.92 Å². The third-order valence-electron chi connectivity index (χ3n) is 2.68. The lowest BCUT2D eigenvalue weighted by molar-refractivity contribution is 0.415. The zero-order valence-electron chi connectivity index (χ0n) is 10.1. The van der Waals surface area contributed by atoms with E-state index in [1.807, 2.05) is 24.3 Å². The summed E-state index contributed by atoms with van der Waals surface area (Å²) in [7, 11) is 1.68. The maximum atomic E-state index is 5.15. The first kappa shape index (κ1) is 13.9. The lowest BCUT2D eigenvalue weighted by Gasteiger charge is -2.12. The summed E-state index contributed by atoms with van der Waals surface area (Å²) in [5, 5.41) is 3.44. The Morgan fingerprint density at radius 2 is 1.72 bits per heavy atom. The molecule has 0 heterocycles. The van der Waals surface area contributed by atoms with Gasteiger partial charge in [0, 0.05) is 18.5 Å². The Hall–Kier alpha value is -0.500. The Bertz CT molecular complexity index is 552. The first-order chi connectivity index (χ1) is 8.60. The van der Waals surface area contributed by atoms with E-state index in [0.717, 1.165) is 17.1 Å². The molecule has 0 aliphatic rings. The van der Waals surface area contributed by atoms with Crippen LogP contribution in [0.2, 0.25) is 0 Å². The smallest absolute Gasteiger partial charge is 0.119 e. The Kier molecular flexibility index (Phi) is 4.71. The van der Waals surface area contributed by atoms with Crippen LogP contribution in [-0.2, 0) is 0 Å². The van der Waals surface area contributed by atoms with Crippen molar-refractivity contribution in [3.05, 3.63) is 49.1 Å². The van der Waals surface area contributed by atoms with Gasteiger partial charge in [-0.3, -0.25) is 0 Å². The Balaban J connectivity index is 2.27. The molecule has 4 heteroatoms. The topological polar surface area (TPSA) is 21.3 Å². The predicted molar refractivity (Wildman–Crippen MR) is 92.9 cm³/mol. The summed E-state index contributed by atoms with van der Waals surface area (Å²) in [6, 6.07) is 12.3. The maximum Gasteiger partial charge on any atom is 0.119 e. The predicted octanol–water partition coefficient (Wildman–Crippen LogP) is 4.96. The lowest BCUT2D eigenvalue weighted by atomic mass is 10.2. The first-order valence-corrected chi connectivity index (χ1v) is 7.62. The third-order valence-corrected chi connectivity index (χ3v) is 4.42. The molecule has 0 amide bonds. The minimum Gasteiger partial charge on any atom is -0.497 e. The third kappa shape index (κ3) is 3.28. The van der Waals surface area contributed by atoms with Crippen LogP contribution in [0.5, 0.6) is 5.75 Å². The molecule has 0 bridgehead atoms. The van der Waals surface area contributed by atoms with Gasteiger partial charge in [-0.15, -0.1) is 0 Å². The van der Waals surface area contributed by atoms with Crippen molar-refractivity contribution in [2.24, 2.45) is 0 Å². The number of hydrogen-bond acceptors (Lipinski definition) is 2. The van der Waals surface area contributed by atoms with Crippen LogP contribution in [0.3, 0.4) is 0 Å². The molecule has 2 nitrogen and oxygen atoms in total. The van der Waals surface area contributed by atoms with Crippen molar-refractivity contribution in [3.63, 3.8) is 0 Å². The number of anilines is 2. The molecule has 0 saturated heterocycles. The van der Waals surface area contributed by atoms with Crippen LogP contribution < -0.4 is 10.1 Å². The van der Waals surface area contributed by atoms with Crippen molar-refractivity contribution in [2.75, 3.05) is 12.4 Å². The molecular formula is C14H13I2NO. The van der Waals surface area contributed by atoms with Gasteiger partial charge < -0.3 is 10.1 Å². The highest BCUT2D eigenvalue weighted by atomic mass is 127. The van der Waals surface area contributed by atoms with Crippen molar-refractivity contribution >= 4 is 56.6 Å². The average Bonchev–Trinajstić information content (AvgIpc) is 2.36. The van der Waals surface area contributed by atoms with Crippen LogP contribution >= 0.6 is 45.2 Å². The minimum absolute atomic E-state index is 0.870. The fourth-order valence-electron chi connectivity index (χ4n) is 1.61. The molecule has 0 aromatic heterocycles. The zero-order valence-corrected chi connectivity index (χ0v) is 14.4. The van der Waals surface area contributed by atoms with Crippen LogP contribution in [0, 0.1) is 14.1 Å². The summed E-state index contributed by atoms with van der Waals surface area (Å²) in [6.07, 6.45) is 0. The Morgan fingerprint density at radius 1 is 1.06 bits per heavy atom. The highest BCUT2D eigenvalue weighted by Crippen LogP contribution is 2.27. The van der Waals surface area contributed by atoms with Crippen molar-refractivity contribution in [1.82, 2.24) is 0 Å². The molecule has 0 aliphatic carbocycles. The number of hydrogen-bond donors (Lipinski definition) is 1. The summed E-state index contributed by atoms with van der Waals surface area (Å²) in [4.78, 5) is 0. The van der Waals surface area contributed by atoms with E-state index in [1.165, 1.54) is 12.7 Å². The van der Waals surface area contributed by atoms with E-state index in [1.54, 1.807) is 7.11 Å². The van der Waals surface area contributed by atoms with E-state index < -0.39 is 0 Å². The van der Waals surface area contributed by atoms with Crippen molar-refractivity contribution < 1.29 is 4.74 Å². The molecular weight excluding hydrogens is 452 g/mol. The van der Waals surface area contributed by atoms with Gasteiger partial charge in [-0.1, -0.05) is 0 Å². The molecule has 0 spiro atoms. The second kappa shape index (κ2) is 6.10. The van der Waals surface area contributed by atoms with Gasteiger partial charge in [-0.2, -0.15) is 0 Å². The van der Waals surface area contributed by atoms with E-state index in [2.05, 4.69) is 69.6 Å². The number of rotatable bonds is 3. The molecule has 2 rings (SSSR count). The van der Waals surface area contributed by atoms with Gasteiger partial charge in [0.25, 0.3) is 0 Å². The SMILES string of the molecule is COc1ccc(Nc2cc(I)cc(I)c2C)cc1. The van der Waals surface area contributed by atoms with Crippen molar-refractivity contribution in [1.29, 1.82) is 0 Å². The summed E-state index contributed by atoms with van der Waals surface area (Å²) in [5.41, 5.74) is 3.49. The van der Waals surface area contributed by atoms with Gasteiger partial charge >= 0.3 is 0 Å². The summed E-state index contributed by atoms with van der Waals surface area (Å²) >= 11 is 4.70. The van der Waals surface area contributed by atoms with Crippen LogP contribution in [0.1, 0.15) is 5.56 Å². The van der Waals surface area contributed by atoms with E-state index in [0.29, 0.717) is 0 Å². The van der Waals surface area contributed by atoms with Crippen LogP contribution in [0.25, 0.3) is 0 Å². The van der Waals surface area contributed by atoms with E-state index in [-0.39, 0.29) is 0 Å². The van der Waals surface area contributed by atoms with Gasteiger partial charge in [0.15, 0.2) is 0 Å². The fourth-order valence-corrected chi connectivity index (χ4v) is 3.45. The standard InChI is InChI=1S/C14H13I2NO/c1-9-13(16)7-10(15)8-14(9)17-11-3-5-12(18-2)6-4-11/h3-8,17H,1-2H3. The number of halogens is 2. The second-order valence-electron chi connectivity index (χ2n) is 3.91. The number of ether oxygens (including phenoxy) is 1. The second-order valence-corrected chi connectivity index (χ2v) is 6.32. The maximum absolute atomic E-state index is 5.15. The molecule has 0 aliphatic heterocycles. The van der Waals surface area contributed by atoms with Crippen LogP contribution in [0.15, 0.2) is 36.4 Å². The normalized spacial score (nSPS) is 10.2. The molecule has 0 atom stereocenters. The van der Waals surface area contributed by atoms with Gasteiger partial charge in [-0.25, -0.2) is 0 Å². The summed E-state index contributed by atoms with van der Waals surface area (Å²) in [6.45, 7) is 2.13. The van der Waals surface area contributed by atoms with Gasteiger partial charge in [0.2, 0.25) is 0 Å². The Morgan fingerprint density at radius 3 is 2.33 bits per heavy atom. The largest absolute Gasteiger partial charge is 0.497 e. The van der Waals surface area contributed by atoms with Gasteiger partial charge in [0.1, 0.15) is 5.75 Å². The van der Waals surface area contributed by atoms with E-state index in [4.69, 9.17) is 4.74 Å². The summed E-state index contributed by atoms with van der Waals surface area (Å²) < 4.78 is 7.66. The first-order valence-electron chi connectivity index (χ1n) is 5.47. The van der Waals surface area contributed by atoms with Crippen LogP contribution in [0.4, 0.5) is 11.4 Å². The van der Waals surface area contributed by atoms with E-state index >= 15 is 0 Å². The quantitative estimate of drug-likeness (QED) is 0.648. The lowest BCUT2D eigenvalue weighted by Crippen LogP contribution is -1.96. The zero-order chi connectivity index (χ0) is 13.1. The molecule has 0 unspecified atom stereocenters. The monoisotopic (exact) mass is 465 g/mol. The van der Waals surface area contributed by atoms with E-state index in [9.17, 15) is 0 Å². The summed E-state index contributed by atoms with van der Waals surface area (Å²) in [5.74, 6) is 0.870. The van der Waals surface area contributed by atoms with Gasteiger partial charge in [-0.05, 0) is 94.1 Å².